The lowest BCUT2D eigenvalue weighted by Crippen LogP contribution is -2.57. The van der Waals surface area contributed by atoms with Crippen molar-refractivity contribution in [1.82, 2.24) is 26.3 Å². The van der Waals surface area contributed by atoms with E-state index in [4.69, 9.17) is 5.73 Å². The first-order chi connectivity index (χ1) is 18.7. The van der Waals surface area contributed by atoms with E-state index in [0.29, 0.717) is 38.6 Å². The van der Waals surface area contributed by atoms with Gasteiger partial charge < -0.3 is 37.1 Å². The number of carbonyl (C=O) groups excluding carboxylic acids is 3. The number of fused-ring (bicyclic) bond motifs is 1. The van der Waals surface area contributed by atoms with Gasteiger partial charge in [-0.1, -0.05) is 32.0 Å². The largest absolute Gasteiger partial charge is 0.480 e. The number of hydrogen-bond acceptors (Lipinski definition) is 6. The van der Waals surface area contributed by atoms with Gasteiger partial charge in [0.2, 0.25) is 17.7 Å². The van der Waals surface area contributed by atoms with Gasteiger partial charge in [0.15, 0.2) is 0 Å². The summed E-state index contributed by atoms with van der Waals surface area (Å²) in [5.74, 6) is -2.41. The van der Waals surface area contributed by atoms with Crippen LogP contribution in [-0.2, 0) is 25.6 Å². The summed E-state index contributed by atoms with van der Waals surface area (Å²) in [5, 5.41) is 22.1. The van der Waals surface area contributed by atoms with Gasteiger partial charge in [-0.3, -0.25) is 14.4 Å². The summed E-state index contributed by atoms with van der Waals surface area (Å²) in [4.78, 5) is 54.6. The standard InChI is InChI=1S/C28H42N6O5/c1-17(2)14-23(33-26(36)22(10-5-6-12-29)32-25(35)21-11-7-13-30-21)27(37)34-24(28(38)39)15-18-16-31-20-9-4-3-8-19(18)20/h3-4,8-9,16-17,21-24,30-31H,5-7,10-15,29H2,1-2H3,(H,32,35)(H,33,36)(H,34,37)(H,38,39). The highest BCUT2D eigenvalue weighted by molar-refractivity contribution is 5.94. The summed E-state index contributed by atoms with van der Waals surface area (Å²) in [7, 11) is 0. The third-order valence-corrected chi connectivity index (χ3v) is 7.01. The van der Waals surface area contributed by atoms with Gasteiger partial charge >= 0.3 is 5.97 Å². The van der Waals surface area contributed by atoms with Gasteiger partial charge in [0, 0.05) is 23.5 Å². The number of rotatable bonds is 15. The number of hydrogen-bond donors (Lipinski definition) is 7. The van der Waals surface area contributed by atoms with E-state index in [2.05, 4.69) is 26.3 Å². The molecule has 4 unspecified atom stereocenters. The molecule has 1 saturated heterocycles. The Hall–Kier alpha value is -3.44. The second-order valence-corrected chi connectivity index (χ2v) is 10.6. The van der Waals surface area contributed by atoms with Crippen molar-refractivity contribution in [3.05, 3.63) is 36.0 Å². The van der Waals surface area contributed by atoms with Crippen LogP contribution in [0.1, 0.15) is 57.9 Å². The number of amides is 3. The van der Waals surface area contributed by atoms with Gasteiger partial charge in [0.1, 0.15) is 18.1 Å². The number of carboxylic acid groups (broad SMARTS) is 1. The van der Waals surface area contributed by atoms with Crippen molar-refractivity contribution in [3.8, 4) is 0 Å². The minimum Gasteiger partial charge on any atom is -0.480 e. The number of carbonyl (C=O) groups is 4. The topological polar surface area (TPSA) is 178 Å². The van der Waals surface area contributed by atoms with Crippen LogP contribution in [0.25, 0.3) is 10.9 Å². The molecular formula is C28H42N6O5. The maximum absolute atomic E-state index is 13.3. The highest BCUT2D eigenvalue weighted by Crippen LogP contribution is 2.19. The molecule has 2 heterocycles. The van der Waals surface area contributed by atoms with Crippen LogP contribution in [0.2, 0.25) is 0 Å². The number of benzene rings is 1. The number of aromatic nitrogens is 1. The average Bonchev–Trinajstić information content (AvgIpc) is 3.58. The molecule has 1 aromatic heterocycles. The predicted molar refractivity (Wildman–Crippen MR) is 149 cm³/mol. The molecule has 0 bridgehead atoms. The molecule has 1 aliphatic rings. The van der Waals surface area contributed by atoms with Gasteiger partial charge in [-0.05, 0) is 69.2 Å². The molecule has 0 radical (unpaired) electrons. The van der Waals surface area contributed by atoms with E-state index in [1.54, 1.807) is 6.20 Å². The summed E-state index contributed by atoms with van der Waals surface area (Å²) < 4.78 is 0. The quantitative estimate of drug-likeness (QED) is 0.165. The van der Waals surface area contributed by atoms with Gasteiger partial charge in [0.05, 0.1) is 6.04 Å². The fourth-order valence-electron chi connectivity index (χ4n) is 4.91. The van der Waals surface area contributed by atoms with Crippen LogP contribution in [0.4, 0.5) is 0 Å². The van der Waals surface area contributed by atoms with Crippen LogP contribution in [0.3, 0.4) is 0 Å². The lowest BCUT2D eigenvalue weighted by atomic mass is 10.00. The minimum atomic E-state index is -1.18. The van der Waals surface area contributed by atoms with Gasteiger partial charge in [-0.2, -0.15) is 0 Å². The smallest absolute Gasteiger partial charge is 0.326 e. The van der Waals surface area contributed by atoms with Crippen molar-refractivity contribution in [3.63, 3.8) is 0 Å². The van der Waals surface area contributed by atoms with Gasteiger partial charge in [0.25, 0.3) is 0 Å². The van der Waals surface area contributed by atoms with Crippen molar-refractivity contribution in [2.75, 3.05) is 13.1 Å². The zero-order valence-electron chi connectivity index (χ0n) is 22.8. The van der Waals surface area contributed by atoms with Gasteiger partial charge in [-0.15, -0.1) is 0 Å². The maximum Gasteiger partial charge on any atom is 0.326 e. The Kier molecular flexibility index (Phi) is 11.3. The van der Waals surface area contributed by atoms with Crippen LogP contribution < -0.4 is 27.0 Å². The fourth-order valence-corrected chi connectivity index (χ4v) is 4.91. The molecule has 0 saturated carbocycles. The van der Waals surface area contributed by atoms with E-state index < -0.39 is 35.9 Å². The molecule has 8 N–H and O–H groups in total. The minimum absolute atomic E-state index is 0.0471. The Morgan fingerprint density at radius 3 is 2.41 bits per heavy atom. The first-order valence-electron chi connectivity index (χ1n) is 13.8. The summed E-state index contributed by atoms with van der Waals surface area (Å²) in [5.41, 5.74) is 7.26. The lowest BCUT2D eigenvalue weighted by Gasteiger charge is -2.26. The van der Waals surface area contributed by atoms with E-state index in [0.717, 1.165) is 29.4 Å². The molecule has 1 aromatic carbocycles. The lowest BCUT2D eigenvalue weighted by molar-refractivity contribution is -0.142. The molecule has 2 aromatic rings. The van der Waals surface area contributed by atoms with Crippen molar-refractivity contribution in [2.45, 2.75) is 83.0 Å². The summed E-state index contributed by atoms with van der Waals surface area (Å²) in [6, 6.07) is 4.23. The Balaban J connectivity index is 1.70. The zero-order valence-corrected chi connectivity index (χ0v) is 22.8. The predicted octanol–water partition coefficient (Wildman–Crippen LogP) is 1.18. The number of aromatic amines is 1. The van der Waals surface area contributed by atoms with Crippen LogP contribution in [0, 0.1) is 5.92 Å². The van der Waals surface area contributed by atoms with E-state index >= 15 is 0 Å². The van der Waals surface area contributed by atoms with E-state index in [9.17, 15) is 24.3 Å². The van der Waals surface area contributed by atoms with E-state index in [-0.39, 0.29) is 24.3 Å². The fraction of sp³-hybridized carbons (Fsp3) is 0.571. The van der Waals surface area contributed by atoms with Crippen LogP contribution in [0.15, 0.2) is 30.5 Å². The molecular weight excluding hydrogens is 500 g/mol. The van der Waals surface area contributed by atoms with E-state index in [1.807, 2.05) is 38.1 Å². The molecule has 0 spiro atoms. The molecule has 11 nitrogen and oxygen atoms in total. The monoisotopic (exact) mass is 542 g/mol. The molecule has 3 amide bonds. The zero-order chi connectivity index (χ0) is 28.4. The van der Waals surface area contributed by atoms with Crippen molar-refractivity contribution in [1.29, 1.82) is 0 Å². The number of carboxylic acids is 1. The summed E-state index contributed by atoms with van der Waals surface area (Å²) in [6.07, 6.45) is 5.45. The number of H-pyrrole nitrogens is 1. The Labute approximate surface area is 229 Å². The van der Waals surface area contributed by atoms with Crippen LogP contribution in [-0.4, -0.2) is 71.0 Å². The number of nitrogens with two attached hydrogens (primary N) is 1. The molecule has 4 atom stereocenters. The molecule has 11 heteroatoms. The average molecular weight is 543 g/mol. The first kappa shape index (κ1) is 30.1. The third-order valence-electron chi connectivity index (χ3n) is 7.01. The molecule has 1 aliphatic heterocycles. The van der Waals surface area contributed by atoms with Crippen LogP contribution in [0.5, 0.6) is 0 Å². The Morgan fingerprint density at radius 2 is 1.74 bits per heavy atom. The number of para-hydroxylation sites is 1. The molecule has 3 rings (SSSR count). The van der Waals surface area contributed by atoms with Gasteiger partial charge in [-0.25, -0.2) is 4.79 Å². The van der Waals surface area contributed by atoms with Crippen molar-refractivity contribution >= 4 is 34.6 Å². The highest BCUT2D eigenvalue weighted by Gasteiger charge is 2.32. The van der Waals surface area contributed by atoms with Crippen LogP contribution >= 0.6 is 0 Å². The second-order valence-electron chi connectivity index (χ2n) is 10.6. The summed E-state index contributed by atoms with van der Waals surface area (Å²) >= 11 is 0. The highest BCUT2D eigenvalue weighted by atomic mass is 16.4. The second kappa shape index (κ2) is 14.6. The number of unbranched alkanes of at least 4 members (excludes halogenated alkanes) is 1. The normalized spacial score (nSPS) is 17.5. The third kappa shape index (κ3) is 8.79. The first-order valence-corrected chi connectivity index (χ1v) is 13.8. The number of aliphatic carboxylic acids is 1. The Morgan fingerprint density at radius 1 is 1.03 bits per heavy atom. The van der Waals surface area contributed by atoms with Crippen molar-refractivity contribution < 1.29 is 24.3 Å². The van der Waals surface area contributed by atoms with E-state index in [1.165, 1.54) is 0 Å². The SMILES string of the molecule is CC(C)CC(NC(=O)C(CCCCN)NC(=O)C1CCCN1)C(=O)NC(Cc1c[nH]c2ccccc12)C(=O)O. The van der Waals surface area contributed by atoms with Crippen molar-refractivity contribution in [2.24, 2.45) is 11.7 Å². The molecule has 39 heavy (non-hydrogen) atoms. The maximum atomic E-state index is 13.3. The number of nitrogens with one attached hydrogen (secondary N) is 5. The summed E-state index contributed by atoms with van der Waals surface area (Å²) in [6.45, 7) is 5.05. The molecule has 1 fully saturated rings. The molecule has 214 valence electrons. The Bertz CT molecular complexity index is 1130. The molecule has 0 aliphatic carbocycles.